The Balaban J connectivity index is 1.59. The summed E-state index contributed by atoms with van der Waals surface area (Å²) in [6, 6.07) is 11.4. The molecule has 0 fully saturated rings. The van der Waals surface area contributed by atoms with Crippen LogP contribution in [0.15, 0.2) is 42.6 Å². The molecule has 3 aromatic rings. The van der Waals surface area contributed by atoms with E-state index in [1.165, 1.54) is 23.6 Å². The van der Waals surface area contributed by atoms with Crippen LogP contribution in [0, 0.1) is 17.0 Å². The minimum absolute atomic E-state index is 0.00574. The summed E-state index contributed by atoms with van der Waals surface area (Å²) in [5.74, 6) is 0.280. The highest BCUT2D eigenvalue weighted by Gasteiger charge is 2.14. The van der Waals surface area contributed by atoms with E-state index in [1.54, 1.807) is 12.1 Å². The molecular formula is C19H21N3O3. The lowest BCUT2D eigenvalue weighted by atomic mass is 10.1. The lowest BCUT2D eigenvalue weighted by molar-refractivity contribution is -0.385. The minimum Gasteiger partial charge on any atom is -0.490 e. The van der Waals surface area contributed by atoms with Gasteiger partial charge in [0.2, 0.25) is 0 Å². The summed E-state index contributed by atoms with van der Waals surface area (Å²) in [5, 5.41) is 15.7. The Labute approximate surface area is 146 Å². The smallest absolute Gasteiger partial charge is 0.311 e. The van der Waals surface area contributed by atoms with Gasteiger partial charge in [0.15, 0.2) is 5.75 Å². The zero-order valence-electron chi connectivity index (χ0n) is 14.3. The van der Waals surface area contributed by atoms with Crippen LogP contribution in [0.4, 0.5) is 5.69 Å². The van der Waals surface area contributed by atoms with Crippen LogP contribution in [-0.4, -0.2) is 23.6 Å². The fourth-order valence-corrected chi connectivity index (χ4v) is 2.95. The third-order valence-corrected chi connectivity index (χ3v) is 4.26. The predicted octanol–water partition coefficient (Wildman–Crippen LogP) is 3.73. The van der Waals surface area contributed by atoms with Gasteiger partial charge >= 0.3 is 5.69 Å². The highest BCUT2D eigenvalue weighted by molar-refractivity contribution is 5.83. The first-order chi connectivity index (χ1) is 12.1. The molecule has 1 aromatic heterocycles. The Morgan fingerprint density at radius 1 is 1.24 bits per heavy atom. The number of nitrogens with zero attached hydrogens (tertiary/aromatic N) is 1. The molecule has 0 aliphatic carbocycles. The maximum Gasteiger partial charge on any atom is 0.311 e. The van der Waals surface area contributed by atoms with Crippen molar-refractivity contribution in [2.75, 3.05) is 13.7 Å². The fraction of sp³-hybridized carbons (Fsp3) is 0.263. The van der Waals surface area contributed by atoms with Gasteiger partial charge in [-0.15, -0.1) is 0 Å². The largest absolute Gasteiger partial charge is 0.490 e. The highest BCUT2D eigenvalue weighted by Crippen LogP contribution is 2.27. The lowest BCUT2D eigenvalue weighted by Crippen LogP contribution is -2.16. The number of benzene rings is 2. The molecule has 0 radical (unpaired) electrons. The number of nitro groups is 1. The van der Waals surface area contributed by atoms with Gasteiger partial charge in [0.25, 0.3) is 0 Å². The van der Waals surface area contributed by atoms with Gasteiger partial charge in [0.1, 0.15) is 0 Å². The van der Waals surface area contributed by atoms with Crippen LogP contribution in [0.1, 0.15) is 16.7 Å². The Morgan fingerprint density at radius 3 is 2.84 bits per heavy atom. The van der Waals surface area contributed by atoms with Crippen molar-refractivity contribution in [2.24, 2.45) is 0 Å². The van der Waals surface area contributed by atoms with Crippen LogP contribution in [0.5, 0.6) is 5.75 Å². The Hall–Kier alpha value is -2.86. The molecule has 0 bridgehead atoms. The summed E-state index contributed by atoms with van der Waals surface area (Å²) in [5.41, 5.74) is 4.51. The van der Waals surface area contributed by atoms with Crippen LogP contribution < -0.4 is 10.1 Å². The van der Waals surface area contributed by atoms with Crippen molar-refractivity contribution in [2.45, 2.75) is 19.9 Å². The number of aryl methyl sites for hydroxylation is 1. The molecule has 0 spiro atoms. The van der Waals surface area contributed by atoms with Gasteiger partial charge in [-0.1, -0.05) is 18.2 Å². The summed E-state index contributed by atoms with van der Waals surface area (Å²) in [6.07, 6.45) is 2.94. The average molecular weight is 339 g/mol. The maximum absolute atomic E-state index is 11.1. The second kappa shape index (κ2) is 7.36. The van der Waals surface area contributed by atoms with Crippen molar-refractivity contribution in [3.8, 4) is 5.75 Å². The molecule has 0 aliphatic rings. The minimum atomic E-state index is -0.420. The monoisotopic (exact) mass is 339 g/mol. The van der Waals surface area contributed by atoms with Gasteiger partial charge in [-0.2, -0.15) is 0 Å². The van der Waals surface area contributed by atoms with Crippen molar-refractivity contribution in [3.63, 3.8) is 0 Å². The number of nitrogens with one attached hydrogen (secondary N) is 2. The SMILES string of the molecule is COc1ccc(CNCCc2c[nH]c3cc(C)ccc23)cc1[N+](=O)[O-]. The lowest BCUT2D eigenvalue weighted by Gasteiger charge is -2.07. The number of methoxy groups -OCH3 is 1. The number of aromatic amines is 1. The van der Waals surface area contributed by atoms with Crippen molar-refractivity contribution in [1.29, 1.82) is 0 Å². The van der Waals surface area contributed by atoms with E-state index >= 15 is 0 Å². The van der Waals surface area contributed by atoms with Gasteiger partial charge in [-0.05, 0) is 48.7 Å². The average Bonchev–Trinajstić information content (AvgIpc) is 3.00. The molecule has 130 valence electrons. The Kier molecular flexibility index (Phi) is 5.00. The maximum atomic E-state index is 11.1. The van der Waals surface area contributed by atoms with Gasteiger partial charge in [0, 0.05) is 29.7 Å². The standard InChI is InChI=1S/C19H21N3O3/c1-13-3-5-16-15(12-21-17(16)9-13)7-8-20-11-14-4-6-19(25-2)18(10-14)22(23)24/h3-6,9-10,12,20-21H,7-8,11H2,1-2H3. The van der Waals surface area contributed by atoms with Gasteiger partial charge < -0.3 is 15.0 Å². The number of fused-ring (bicyclic) bond motifs is 1. The molecule has 2 N–H and O–H groups in total. The zero-order chi connectivity index (χ0) is 17.8. The molecule has 0 aliphatic heterocycles. The van der Waals surface area contributed by atoms with Crippen LogP contribution >= 0.6 is 0 Å². The third-order valence-electron chi connectivity index (χ3n) is 4.26. The molecule has 0 amide bonds. The van der Waals surface area contributed by atoms with Gasteiger partial charge in [-0.25, -0.2) is 0 Å². The Morgan fingerprint density at radius 2 is 2.08 bits per heavy atom. The van der Waals surface area contributed by atoms with E-state index < -0.39 is 4.92 Å². The molecule has 25 heavy (non-hydrogen) atoms. The number of aromatic nitrogens is 1. The van der Waals surface area contributed by atoms with E-state index in [0.717, 1.165) is 24.0 Å². The molecule has 0 atom stereocenters. The summed E-state index contributed by atoms with van der Waals surface area (Å²) < 4.78 is 5.02. The zero-order valence-corrected chi connectivity index (χ0v) is 14.3. The van der Waals surface area contributed by atoms with Crippen LogP contribution in [-0.2, 0) is 13.0 Å². The second-order valence-corrected chi connectivity index (χ2v) is 6.05. The van der Waals surface area contributed by atoms with E-state index in [-0.39, 0.29) is 11.4 Å². The molecule has 0 unspecified atom stereocenters. The van der Waals surface area contributed by atoms with Crippen molar-refractivity contribution >= 4 is 16.6 Å². The number of nitro benzene ring substituents is 1. The second-order valence-electron chi connectivity index (χ2n) is 6.05. The van der Waals surface area contributed by atoms with Crippen LogP contribution in [0.3, 0.4) is 0 Å². The van der Waals surface area contributed by atoms with E-state index in [1.807, 2.05) is 12.3 Å². The number of hydrogen-bond donors (Lipinski definition) is 2. The summed E-state index contributed by atoms with van der Waals surface area (Å²) >= 11 is 0. The molecule has 0 saturated heterocycles. The number of hydrogen-bond acceptors (Lipinski definition) is 4. The topological polar surface area (TPSA) is 80.2 Å². The number of rotatable bonds is 7. The summed E-state index contributed by atoms with van der Waals surface area (Å²) in [7, 11) is 1.43. The first kappa shape index (κ1) is 17.0. The molecule has 6 nitrogen and oxygen atoms in total. The van der Waals surface area contributed by atoms with E-state index in [0.29, 0.717) is 6.54 Å². The molecular weight excluding hydrogens is 318 g/mol. The predicted molar refractivity (Wildman–Crippen MR) is 98.1 cm³/mol. The van der Waals surface area contributed by atoms with Gasteiger partial charge in [-0.3, -0.25) is 10.1 Å². The third kappa shape index (κ3) is 3.80. The number of ether oxygens (including phenoxy) is 1. The van der Waals surface area contributed by atoms with Crippen LogP contribution in [0.25, 0.3) is 10.9 Å². The number of H-pyrrole nitrogens is 1. The molecule has 6 heteroatoms. The van der Waals surface area contributed by atoms with Crippen LogP contribution in [0.2, 0.25) is 0 Å². The normalized spacial score (nSPS) is 11.0. The van der Waals surface area contributed by atoms with Gasteiger partial charge in [0.05, 0.1) is 12.0 Å². The molecule has 2 aromatic carbocycles. The first-order valence-corrected chi connectivity index (χ1v) is 8.17. The van der Waals surface area contributed by atoms with Crippen molar-refractivity contribution < 1.29 is 9.66 Å². The summed E-state index contributed by atoms with van der Waals surface area (Å²) in [6.45, 7) is 3.45. The molecule has 0 saturated carbocycles. The van der Waals surface area contributed by atoms with E-state index in [4.69, 9.17) is 4.74 Å². The fourth-order valence-electron chi connectivity index (χ4n) is 2.95. The van der Waals surface area contributed by atoms with E-state index in [9.17, 15) is 10.1 Å². The molecule has 3 rings (SSSR count). The highest BCUT2D eigenvalue weighted by atomic mass is 16.6. The quantitative estimate of drug-likeness (QED) is 0.390. The summed E-state index contributed by atoms with van der Waals surface area (Å²) in [4.78, 5) is 14.0. The van der Waals surface area contributed by atoms with Crippen molar-refractivity contribution in [1.82, 2.24) is 10.3 Å². The first-order valence-electron chi connectivity index (χ1n) is 8.17. The van der Waals surface area contributed by atoms with Crippen molar-refractivity contribution in [3.05, 3.63) is 69.4 Å². The van der Waals surface area contributed by atoms with E-state index in [2.05, 4.69) is 35.4 Å². The Bertz CT molecular complexity index is 902. The molecule has 1 heterocycles.